The molecule has 1 aromatic carbocycles. The maximum atomic E-state index is 12.1. The number of carbonyl (C=O) groups is 2. The van der Waals surface area contributed by atoms with E-state index in [4.69, 9.17) is 0 Å². The first-order valence-electron chi connectivity index (χ1n) is 7.33. The highest BCUT2D eigenvalue weighted by atomic mass is 32.2. The van der Waals surface area contributed by atoms with Crippen LogP contribution in [-0.4, -0.2) is 33.7 Å². The average molecular weight is 330 g/mol. The van der Waals surface area contributed by atoms with Crippen molar-refractivity contribution in [1.82, 2.24) is 14.9 Å². The van der Waals surface area contributed by atoms with Gasteiger partial charge in [0.05, 0.1) is 11.7 Å². The lowest BCUT2D eigenvalue weighted by atomic mass is 9.99. The van der Waals surface area contributed by atoms with Crippen LogP contribution in [0.25, 0.3) is 0 Å². The molecule has 2 N–H and O–H groups in total. The van der Waals surface area contributed by atoms with Gasteiger partial charge in [0.2, 0.25) is 11.8 Å². The molecule has 1 atom stereocenters. The topological polar surface area (TPSA) is 76.0 Å². The second-order valence-electron chi connectivity index (χ2n) is 5.55. The summed E-state index contributed by atoms with van der Waals surface area (Å²) in [6.45, 7) is 2.30. The predicted octanol–water partition coefficient (Wildman–Crippen LogP) is 1.67. The van der Waals surface area contributed by atoms with Gasteiger partial charge in [-0.15, -0.1) is 0 Å². The van der Waals surface area contributed by atoms with Gasteiger partial charge in [0, 0.05) is 31.7 Å². The zero-order valence-corrected chi connectivity index (χ0v) is 13.8. The van der Waals surface area contributed by atoms with E-state index in [9.17, 15) is 9.59 Å². The van der Waals surface area contributed by atoms with Crippen LogP contribution >= 0.6 is 11.8 Å². The highest BCUT2D eigenvalue weighted by Crippen LogP contribution is 2.32. The molecule has 7 heteroatoms. The van der Waals surface area contributed by atoms with Gasteiger partial charge in [-0.1, -0.05) is 29.5 Å². The first-order chi connectivity index (χ1) is 11.0. The quantitative estimate of drug-likeness (QED) is 0.818. The van der Waals surface area contributed by atoms with Crippen molar-refractivity contribution in [2.24, 2.45) is 7.05 Å². The van der Waals surface area contributed by atoms with Gasteiger partial charge in [-0.3, -0.25) is 9.59 Å². The fourth-order valence-electron chi connectivity index (χ4n) is 2.54. The third-order valence-corrected chi connectivity index (χ3v) is 4.83. The molecule has 23 heavy (non-hydrogen) atoms. The molecule has 0 bridgehead atoms. The van der Waals surface area contributed by atoms with E-state index in [1.165, 1.54) is 11.8 Å². The van der Waals surface area contributed by atoms with E-state index < -0.39 is 0 Å². The van der Waals surface area contributed by atoms with Gasteiger partial charge >= 0.3 is 0 Å². The molecule has 6 nitrogen and oxygen atoms in total. The summed E-state index contributed by atoms with van der Waals surface area (Å²) in [5.41, 5.74) is 2.89. The van der Waals surface area contributed by atoms with Crippen molar-refractivity contribution in [2.75, 3.05) is 17.6 Å². The number of nitrogens with one attached hydrogen (secondary N) is 2. The van der Waals surface area contributed by atoms with Gasteiger partial charge in [-0.25, -0.2) is 4.98 Å². The van der Waals surface area contributed by atoms with Crippen molar-refractivity contribution in [2.45, 2.75) is 18.0 Å². The molecule has 0 saturated heterocycles. The molecule has 1 aromatic heterocycles. The Hall–Kier alpha value is -2.28. The number of hydrogen-bond donors (Lipinski definition) is 2. The lowest BCUT2D eigenvalue weighted by Gasteiger charge is -2.11. The van der Waals surface area contributed by atoms with E-state index in [1.807, 2.05) is 42.9 Å². The summed E-state index contributed by atoms with van der Waals surface area (Å²) in [4.78, 5) is 28.2. The van der Waals surface area contributed by atoms with Crippen molar-refractivity contribution in [3.63, 3.8) is 0 Å². The second-order valence-corrected chi connectivity index (χ2v) is 6.49. The van der Waals surface area contributed by atoms with Gasteiger partial charge < -0.3 is 15.2 Å². The SMILES string of the molecule is Cc1ccc2c(c1)[C@@H](CNC(=O)CSc1nccn1C)C(=O)N2. The second kappa shape index (κ2) is 6.45. The largest absolute Gasteiger partial charge is 0.354 e. The summed E-state index contributed by atoms with van der Waals surface area (Å²) in [6.07, 6.45) is 3.53. The number of benzene rings is 1. The van der Waals surface area contributed by atoms with Gasteiger partial charge in [0.1, 0.15) is 0 Å². The summed E-state index contributed by atoms with van der Waals surface area (Å²) < 4.78 is 1.86. The van der Waals surface area contributed by atoms with Crippen LogP contribution in [0.1, 0.15) is 17.0 Å². The van der Waals surface area contributed by atoms with E-state index in [-0.39, 0.29) is 23.5 Å². The molecule has 3 rings (SSSR count). The summed E-state index contributed by atoms with van der Waals surface area (Å²) >= 11 is 1.37. The fourth-order valence-corrected chi connectivity index (χ4v) is 3.30. The van der Waals surface area contributed by atoms with Crippen LogP contribution in [0.3, 0.4) is 0 Å². The minimum atomic E-state index is -0.327. The maximum Gasteiger partial charge on any atom is 0.233 e. The normalized spacial score (nSPS) is 16.1. The first-order valence-corrected chi connectivity index (χ1v) is 8.31. The highest BCUT2D eigenvalue weighted by molar-refractivity contribution is 7.99. The molecule has 120 valence electrons. The van der Waals surface area contributed by atoms with Crippen molar-refractivity contribution in [3.8, 4) is 0 Å². The molecule has 0 aliphatic carbocycles. The van der Waals surface area contributed by atoms with Crippen LogP contribution in [0.4, 0.5) is 5.69 Å². The highest BCUT2D eigenvalue weighted by Gasteiger charge is 2.30. The smallest absolute Gasteiger partial charge is 0.233 e. The number of rotatable bonds is 5. The van der Waals surface area contributed by atoms with Crippen LogP contribution in [0, 0.1) is 6.92 Å². The Balaban J connectivity index is 1.56. The number of hydrogen-bond acceptors (Lipinski definition) is 4. The summed E-state index contributed by atoms with van der Waals surface area (Å²) in [6, 6.07) is 5.86. The van der Waals surface area contributed by atoms with Crippen molar-refractivity contribution >= 4 is 29.3 Å². The number of aryl methyl sites for hydroxylation is 2. The number of fused-ring (bicyclic) bond motifs is 1. The van der Waals surface area contributed by atoms with Crippen LogP contribution < -0.4 is 10.6 Å². The first kappa shape index (κ1) is 15.6. The van der Waals surface area contributed by atoms with E-state index >= 15 is 0 Å². The zero-order chi connectivity index (χ0) is 16.4. The number of aromatic nitrogens is 2. The third kappa shape index (κ3) is 3.39. The van der Waals surface area contributed by atoms with E-state index in [0.29, 0.717) is 6.54 Å². The van der Waals surface area contributed by atoms with Crippen molar-refractivity contribution in [1.29, 1.82) is 0 Å². The molecule has 0 saturated carbocycles. The Morgan fingerprint density at radius 3 is 3.04 bits per heavy atom. The number of anilines is 1. The average Bonchev–Trinajstić information content (AvgIpc) is 3.06. The monoisotopic (exact) mass is 330 g/mol. The Morgan fingerprint density at radius 2 is 2.30 bits per heavy atom. The number of nitrogens with zero attached hydrogens (tertiary/aromatic N) is 2. The molecule has 0 radical (unpaired) electrons. The Bertz CT molecular complexity index is 756. The predicted molar refractivity (Wildman–Crippen MR) is 89.5 cm³/mol. The van der Waals surface area contributed by atoms with Gasteiger partial charge in [-0.2, -0.15) is 0 Å². The molecule has 2 heterocycles. The molecule has 0 spiro atoms. The molecule has 2 aromatic rings. The van der Waals surface area contributed by atoms with Gasteiger partial charge in [0.25, 0.3) is 0 Å². The van der Waals surface area contributed by atoms with Gasteiger partial charge in [0.15, 0.2) is 5.16 Å². The number of carbonyl (C=O) groups excluding carboxylic acids is 2. The van der Waals surface area contributed by atoms with Gasteiger partial charge in [-0.05, 0) is 18.6 Å². The summed E-state index contributed by atoms with van der Waals surface area (Å²) in [5, 5.41) is 6.48. The third-order valence-electron chi connectivity index (χ3n) is 3.77. The molecule has 0 unspecified atom stereocenters. The van der Waals surface area contributed by atoms with Crippen LogP contribution in [0.15, 0.2) is 35.7 Å². The zero-order valence-electron chi connectivity index (χ0n) is 13.0. The lowest BCUT2D eigenvalue weighted by Crippen LogP contribution is -2.32. The number of amides is 2. The molecule has 1 aliphatic heterocycles. The Labute approximate surface area is 138 Å². The summed E-state index contributed by atoms with van der Waals surface area (Å²) in [5.74, 6) is -0.221. The maximum absolute atomic E-state index is 12.1. The standard InChI is InChI=1S/C16H18N4O2S/c1-10-3-4-13-11(7-10)12(15(22)19-13)8-18-14(21)9-23-16-17-5-6-20(16)2/h3-7,12H,8-9H2,1-2H3,(H,18,21)(H,19,22)/t12-/m1/s1. The molecular weight excluding hydrogens is 312 g/mol. The summed E-state index contributed by atoms with van der Waals surface area (Å²) in [7, 11) is 1.88. The molecule has 1 aliphatic rings. The van der Waals surface area contributed by atoms with E-state index in [2.05, 4.69) is 15.6 Å². The molecule has 0 fully saturated rings. The minimum Gasteiger partial charge on any atom is -0.354 e. The van der Waals surface area contributed by atoms with Crippen molar-refractivity contribution < 1.29 is 9.59 Å². The number of imidazole rings is 1. The Morgan fingerprint density at radius 1 is 1.48 bits per heavy atom. The van der Waals surface area contributed by atoms with E-state index in [0.717, 1.165) is 22.0 Å². The molecular formula is C16H18N4O2S. The van der Waals surface area contributed by atoms with Crippen LogP contribution in [0.2, 0.25) is 0 Å². The molecule has 2 amide bonds. The Kier molecular flexibility index (Phi) is 4.38. The van der Waals surface area contributed by atoms with Crippen LogP contribution in [0.5, 0.6) is 0 Å². The lowest BCUT2D eigenvalue weighted by molar-refractivity contribution is -0.119. The minimum absolute atomic E-state index is 0.0670. The van der Waals surface area contributed by atoms with E-state index in [1.54, 1.807) is 6.20 Å². The van der Waals surface area contributed by atoms with Crippen molar-refractivity contribution in [3.05, 3.63) is 41.7 Å². The number of thioether (sulfide) groups is 1. The fraction of sp³-hybridized carbons (Fsp3) is 0.312. The van der Waals surface area contributed by atoms with Crippen LogP contribution in [-0.2, 0) is 16.6 Å².